The van der Waals surface area contributed by atoms with Crippen LogP contribution in [0.1, 0.15) is 49.4 Å². The van der Waals surface area contributed by atoms with Gasteiger partial charge in [0.05, 0.1) is 12.2 Å². The summed E-state index contributed by atoms with van der Waals surface area (Å²) in [6, 6.07) is 12.8. The van der Waals surface area contributed by atoms with E-state index >= 15 is 0 Å². The van der Waals surface area contributed by atoms with Crippen molar-refractivity contribution in [1.29, 1.82) is 0 Å². The van der Waals surface area contributed by atoms with Crippen LogP contribution in [0.3, 0.4) is 0 Å². The quantitative estimate of drug-likeness (QED) is 0.640. The molecule has 0 aliphatic heterocycles. The van der Waals surface area contributed by atoms with Crippen LogP contribution in [0.15, 0.2) is 36.4 Å². The van der Waals surface area contributed by atoms with Crippen LogP contribution < -0.4 is 9.47 Å². The summed E-state index contributed by atoms with van der Waals surface area (Å²) in [7, 11) is 0. The lowest BCUT2D eigenvalue weighted by Gasteiger charge is -2.19. The zero-order valence-electron chi connectivity index (χ0n) is 15.8. The van der Waals surface area contributed by atoms with Gasteiger partial charge < -0.3 is 9.47 Å². The fraction of sp³-hybridized carbons (Fsp3) is 0.455. The molecule has 0 heterocycles. The van der Waals surface area contributed by atoms with Crippen molar-refractivity contribution >= 4 is 0 Å². The molecule has 0 saturated heterocycles. The first-order valence-electron chi connectivity index (χ1n) is 8.85. The maximum atomic E-state index is 6.17. The Morgan fingerprint density at radius 3 is 2.00 bits per heavy atom. The molecular weight excluding hydrogens is 296 g/mol. The van der Waals surface area contributed by atoms with Gasteiger partial charge in [-0.1, -0.05) is 35.4 Å². The van der Waals surface area contributed by atoms with Crippen LogP contribution in [0.2, 0.25) is 0 Å². The Hall–Kier alpha value is -1.96. The molecule has 2 aromatic carbocycles. The smallest absolute Gasteiger partial charge is 0.126 e. The van der Waals surface area contributed by atoms with E-state index in [1.165, 1.54) is 16.7 Å². The Morgan fingerprint density at radius 1 is 0.833 bits per heavy atom. The average Bonchev–Trinajstić information content (AvgIpc) is 2.48. The van der Waals surface area contributed by atoms with E-state index in [4.69, 9.17) is 9.47 Å². The fourth-order valence-electron chi connectivity index (χ4n) is 2.96. The molecule has 2 heteroatoms. The number of hydrogen-bond acceptors (Lipinski definition) is 2. The molecule has 0 saturated carbocycles. The molecule has 130 valence electrons. The highest BCUT2D eigenvalue weighted by molar-refractivity contribution is 5.43. The minimum Gasteiger partial charge on any atom is -0.491 e. The van der Waals surface area contributed by atoms with Gasteiger partial charge in [-0.2, -0.15) is 0 Å². The molecule has 0 amide bonds. The molecule has 0 fully saturated rings. The summed E-state index contributed by atoms with van der Waals surface area (Å²) in [6.07, 6.45) is 2.36. The van der Waals surface area contributed by atoms with Gasteiger partial charge in [0.25, 0.3) is 0 Å². The third-order valence-electron chi connectivity index (χ3n) is 4.05. The Morgan fingerprint density at radius 2 is 1.42 bits per heavy atom. The van der Waals surface area contributed by atoms with Crippen LogP contribution in [0.25, 0.3) is 0 Å². The van der Waals surface area contributed by atoms with E-state index < -0.39 is 0 Å². The summed E-state index contributed by atoms with van der Waals surface area (Å²) in [5, 5.41) is 0. The van der Waals surface area contributed by atoms with Crippen LogP contribution in [-0.2, 0) is 6.42 Å². The molecule has 2 aromatic rings. The Bertz CT molecular complexity index is 653. The highest BCUT2D eigenvalue weighted by Crippen LogP contribution is 2.29. The molecule has 1 atom stereocenters. The van der Waals surface area contributed by atoms with Gasteiger partial charge in [-0.25, -0.2) is 0 Å². The second-order valence-corrected chi connectivity index (χ2v) is 7.01. The maximum absolute atomic E-state index is 6.17. The third-order valence-corrected chi connectivity index (χ3v) is 4.05. The van der Waals surface area contributed by atoms with Crippen LogP contribution in [0.5, 0.6) is 11.5 Å². The maximum Gasteiger partial charge on any atom is 0.126 e. The predicted octanol–water partition coefficient (Wildman–Crippen LogP) is 5.80. The molecule has 0 bridgehead atoms. The largest absolute Gasteiger partial charge is 0.491 e. The first kappa shape index (κ1) is 18.4. The normalized spacial score (nSPS) is 12.3. The van der Waals surface area contributed by atoms with E-state index in [-0.39, 0.29) is 12.2 Å². The summed E-state index contributed by atoms with van der Waals surface area (Å²) in [5.41, 5.74) is 5.11. The number of ether oxygens (including phenoxy) is 2. The molecular formula is C22H30O2. The Labute approximate surface area is 146 Å². The Balaban J connectivity index is 1.98. The summed E-state index contributed by atoms with van der Waals surface area (Å²) in [4.78, 5) is 0. The molecule has 0 N–H and O–H groups in total. The van der Waals surface area contributed by atoms with E-state index in [1.807, 2.05) is 32.0 Å². The van der Waals surface area contributed by atoms with E-state index in [0.29, 0.717) is 0 Å². The molecule has 0 aromatic heterocycles. The summed E-state index contributed by atoms with van der Waals surface area (Å²) < 4.78 is 12.0. The van der Waals surface area contributed by atoms with Crippen molar-refractivity contribution in [1.82, 2.24) is 0 Å². The zero-order valence-corrected chi connectivity index (χ0v) is 15.8. The molecule has 24 heavy (non-hydrogen) atoms. The van der Waals surface area contributed by atoms with E-state index in [0.717, 1.165) is 29.9 Å². The second-order valence-electron chi connectivity index (χ2n) is 7.01. The van der Waals surface area contributed by atoms with E-state index in [9.17, 15) is 0 Å². The van der Waals surface area contributed by atoms with Crippen molar-refractivity contribution in [3.63, 3.8) is 0 Å². The highest BCUT2D eigenvalue weighted by Gasteiger charge is 2.11. The topological polar surface area (TPSA) is 18.5 Å². The summed E-state index contributed by atoms with van der Waals surface area (Å²) in [5.74, 6) is 1.82. The van der Waals surface area contributed by atoms with Crippen molar-refractivity contribution in [2.45, 2.75) is 66.6 Å². The van der Waals surface area contributed by atoms with Crippen LogP contribution >= 0.6 is 0 Å². The van der Waals surface area contributed by atoms with Gasteiger partial charge in [-0.05, 0) is 72.1 Å². The number of benzene rings is 2. The van der Waals surface area contributed by atoms with Crippen molar-refractivity contribution in [2.24, 2.45) is 0 Å². The van der Waals surface area contributed by atoms with Gasteiger partial charge in [0, 0.05) is 5.56 Å². The standard InChI is InChI=1S/C22H30O2/c1-15(2)23-21-8-7-9-22(19(21)6)24-18(5)10-11-20-13-16(3)12-17(4)14-20/h7-9,12-15,18H,10-11H2,1-6H3. The molecule has 0 spiro atoms. The lowest BCUT2D eigenvalue weighted by molar-refractivity contribution is 0.205. The van der Waals surface area contributed by atoms with Gasteiger partial charge in [-0.3, -0.25) is 0 Å². The van der Waals surface area contributed by atoms with Gasteiger partial charge in [0.2, 0.25) is 0 Å². The highest BCUT2D eigenvalue weighted by atomic mass is 16.5. The molecule has 0 aliphatic carbocycles. The Kier molecular flexibility index (Phi) is 6.30. The minimum atomic E-state index is 0.166. The molecule has 2 nitrogen and oxygen atoms in total. The van der Waals surface area contributed by atoms with E-state index in [2.05, 4.69) is 45.9 Å². The predicted molar refractivity (Wildman–Crippen MR) is 101 cm³/mol. The average molecular weight is 326 g/mol. The van der Waals surface area contributed by atoms with Crippen LogP contribution in [-0.4, -0.2) is 12.2 Å². The fourth-order valence-corrected chi connectivity index (χ4v) is 2.96. The molecule has 1 unspecified atom stereocenters. The van der Waals surface area contributed by atoms with Crippen LogP contribution in [0.4, 0.5) is 0 Å². The van der Waals surface area contributed by atoms with Gasteiger partial charge in [0.15, 0.2) is 0 Å². The number of hydrogen-bond donors (Lipinski definition) is 0. The lowest BCUT2D eigenvalue weighted by atomic mass is 10.0. The number of aryl methyl sites for hydroxylation is 3. The summed E-state index contributed by atoms with van der Waals surface area (Å²) in [6.45, 7) is 12.6. The van der Waals surface area contributed by atoms with Crippen molar-refractivity contribution in [3.8, 4) is 11.5 Å². The van der Waals surface area contributed by atoms with Crippen molar-refractivity contribution in [2.75, 3.05) is 0 Å². The van der Waals surface area contributed by atoms with E-state index in [1.54, 1.807) is 0 Å². The third kappa shape index (κ3) is 5.30. The SMILES string of the molecule is Cc1cc(C)cc(CCC(C)Oc2cccc(OC(C)C)c2C)c1. The lowest BCUT2D eigenvalue weighted by Crippen LogP contribution is -2.14. The first-order valence-corrected chi connectivity index (χ1v) is 8.85. The van der Waals surface area contributed by atoms with Gasteiger partial charge in [-0.15, -0.1) is 0 Å². The molecule has 2 rings (SSSR count). The molecule has 0 radical (unpaired) electrons. The van der Waals surface area contributed by atoms with Crippen LogP contribution in [0, 0.1) is 20.8 Å². The number of rotatable bonds is 7. The molecule has 0 aliphatic rings. The van der Waals surface area contributed by atoms with Crippen molar-refractivity contribution < 1.29 is 9.47 Å². The summed E-state index contributed by atoms with van der Waals surface area (Å²) >= 11 is 0. The monoisotopic (exact) mass is 326 g/mol. The first-order chi connectivity index (χ1) is 11.3. The van der Waals surface area contributed by atoms with Crippen molar-refractivity contribution in [3.05, 3.63) is 58.7 Å². The second kappa shape index (κ2) is 8.23. The minimum absolute atomic E-state index is 0.166. The van der Waals surface area contributed by atoms with Gasteiger partial charge >= 0.3 is 0 Å². The van der Waals surface area contributed by atoms with Gasteiger partial charge in [0.1, 0.15) is 11.5 Å². The zero-order chi connectivity index (χ0) is 17.7.